The summed E-state index contributed by atoms with van der Waals surface area (Å²) in [5.41, 5.74) is 2.29. The van der Waals surface area contributed by atoms with Gasteiger partial charge in [0.25, 0.3) is 0 Å². The van der Waals surface area contributed by atoms with E-state index >= 15 is 0 Å². The summed E-state index contributed by atoms with van der Waals surface area (Å²) in [7, 11) is 0. The molecule has 1 atom stereocenters. The van der Waals surface area contributed by atoms with Crippen LogP contribution in [0.15, 0.2) is 41.0 Å². The number of hydrogen-bond donors (Lipinski definition) is 0. The molecule has 1 unspecified atom stereocenters. The molecule has 0 aromatic heterocycles. The largest absolute Gasteiger partial charge is 0.261 e. The van der Waals surface area contributed by atoms with Crippen LogP contribution in [0.2, 0.25) is 0 Å². The van der Waals surface area contributed by atoms with Crippen LogP contribution in [0.5, 0.6) is 0 Å². The van der Waals surface area contributed by atoms with Gasteiger partial charge in [0.1, 0.15) is 0 Å². The highest BCUT2D eigenvalue weighted by molar-refractivity contribution is 5.79. The van der Waals surface area contributed by atoms with Crippen LogP contribution in [0, 0.1) is 23.2 Å². The van der Waals surface area contributed by atoms with E-state index in [1.165, 1.54) is 32.1 Å². The van der Waals surface area contributed by atoms with E-state index < -0.39 is 6.17 Å². The zero-order valence-electron chi connectivity index (χ0n) is 14.9. The van der Waals surface area contributed by atoms with Crippen molar-refractivity contribution in [2.45, 2.75) is 58.0 Å². The minimum atomic E-state index is -0.642. The number of benzene rings is 1. The molecule has 132 valence electrons. The summed E-state index contributed by atoms with van der Waals surface area (Å²) in [5, 5.41) is 9.53. The first-order valence-electron chi connectivity index (χ1n) is 9.37. The number of nitriles is 1. The second-order valence-electron chi connectivity index (χ2n) is 7.27. The summed E-state index contributed by atoms with van der Waals surface area (Å²) in [6.07, 6.45) is 11.4. The van der Waals surface area contributed by atoms with Crippen LogP contribution in [0.25, 0.3) is 0 Å². The lowest BCUT2D eigenvalue weighted by Gasteiger charge is -2.28. The van der Waals surface area contributed by atoms with Gasteiger partial charge in [-0.3, -0.25) is 4.99 Å². The van der Waals surface area contributed by atoms with Gasteiger partial charge in [-0.2, -0.15) is 10.4 Å². The number of allylic oxidation sites excluding steroid dienone is 1. The van der Waals surface area contributed by atoms with Crippen molar-refractivity contribution < 1.29 is 4.48 Å². The lowest BCUT2D eigenvalue weighted by molar-refractivity contribution is 0.0364. The Morgan fingerprint density at radius 2 is 1.84 bits per heavy atom. The fourth-order valence-corrected chi connectivity index (χ4v) is 3.88. The van der Waals surface area contributed by atoms with E-state index in [-0.39, 0.29) is 0 Å². The summed E-state index contributed by atoms with van der Waals surface area (Å²) < 4.78 is 14.4. The smallest absolute Gasteiger partial charge is 0.175 e. The maximum atomic E-state index is 14.4. The molecule has 0 N–H and O–H groups in total. The quantitative estimate of drug-likeness (QED) is 0.645. The zero-order valence-corrected chi connectivity index (χ0v) is 14.9. The summed E-state index contributed by atoms with van der Waals surface area (Å²) >= 11 is 0. The Hall–Kier alpha value is -2.15. The lowest BCUT2D eigenvalue weighted by atomic mass is 9.78. The van der Waals surface area contributed by atoms with Crippen LogP contribution < -0.4 is 0 Å². The minimum absolute atomic E-state index is 0.572. The Bertz CT molecular complexity index is 663. The van der Waals surface area contributed by atoms with Gasteiger partial charge in [0.15, 0.2) is 6.17 Å². The topological polar surface area (TPSA) is 39.4 Å². The van der Waals surface area contributed by atoms with Crippen molar-refractivity contribution >= 4 is 6.21 Å². The summed E-state index contributed by atoms with van der Waals surface area (Å²) in [4.78, 5) is 4.38. The van der Waals surface area contributed by atoms with Gasteiger partial charge in [-0.15, -0.1) is 0 Å². The standard InChI is InChI=1S/C21H26FN3/c1-2-16-3-5-17(6-4-16)7-8-19-14-24-21(25(22)15-19)20-11-9-18(13-23)10-12-20/h9-12,14-17,21H,2-8H2,1H3. The van der Waals surface area contributed by atoms with Crippen LogP contribution in [0.1, 0.15) is 69.2 Å². The highest BCUT2D eigenvalue weighted by Crippen LogP contribution is 2.34. The van der Waals surface area contributed by atoms with Gasteiger partial charge >= 0.3 is 0 Å². The molecule has 1 aromatic rings. The Morgan fingerprint density at radius 1 is 1.16 bits per heavy atom. The molecule has 1 aliphatic carbocycles. The van der Waals surface area contributed by atoms with E-state index in [0.29, 0.717) is 10.7 Å². The molecule has 25 heavy (non-hydrogen) atoms. The van der Waals surface area contributed by atoms with Gasteiger partial charge in [0, 0.05) is 12.4 Å². The maximum Gasteiger partial charge on any atom is 0.175 e. The van der Waals surface area contributed by atoms with Gasteiger partial charge in [0.05, 0.1) is 11.6 Å². The molecular weight excluding hydrogens is 313 g/mol. The number of halogens is 1. The molecule has 0 radical (unpaired) electrons. The van der Waals surface area contributed by atoms with E-state index in [0.717, 1.165) is 35.8 Å². The van der Waals surface area contributed by atoms with Gasteiger partial charge in [-0.1, -0.05) is 55.6 Å². The van der Waals surface area contributed by atoms with Crippen LogP contribution in [0.3, 0.4) is 0 Å². The molecule has 1 heterocycles. The highest BCUT2D eigenvalue weighted by Gasteiger charge is 2.22. The van der Waals surface area contributed by atoms with E-state index in [9.17, 15) is 4.48 Å². The Morgan fingerprint density at radius 3 is 2.44 bits per heavy atom. The van der Waals surface area contributed by atoms with Crippen molar-refractivity contribution in [2.24, 2.45) is 16.8 Å². The van der Waals surface area contributed by atoms with Crippen molar-refractivity contribution in [3.63, 3.8) is 0 Å². The first-order valence-corrected chi connectivity index (χ1v) is 9.37. The van der Waals surface area contributed by atoms with E-state index in [4.69, 9.17) is 5.26 Å². The molecular formula is C21H26FN3. The zero-order chi connectivity index (χ0) is 17.6. The molecule has 0 saturated heterocycles. The third kappa shape index (κ3) is 4.48. The van der Waals surface area contributed by atoms with Gasteiger partial charge in [-0.25, -0.2) is 0 Å². The number of nitrogens with zero attached hydrogens (tertiary/aromatic N) is 3. The van der Waals surface area contributed by atoms with Crippen molar-refractivity contribution in [1.29, 1.82) is 5.26 Å². The molecule has 3 nitrogen and oxygen atoms in total. The van der Waals surface area contributed by atoms with Gasteiger partial charge in [-0.05, 0) is 47.9 Å². The van der Waals surface area contributed by atoms with Crippen molar-refractivity contribution in [3.8, 4) is 6.07 Å². The van der Waals surface area contributed by atoms with E-state index in [1.807, 2.05) is 6.21 Å². The normalized spacial score (nSPS) is 26.2. The number of hydrogen-bond acceptors (Lipinski definition) is 3. The lowest BCUT2D eigenvalue weighted by Crippen LogP contribution is -2.19. The average Bonchev–Trinajstić information content (AvgIpc) is 2.67. The monoisotopic (exact) mass is 339 g/mol. The number of aliphatic imine (C=N–C) groups is 1. The third-order valence-electron chi connectivity index (χ3n) is 5.63. The van der Waals surface area contributed by atoms with Crippen molar-refractivity contribution in [3.05, 3.63) is 47.2 Å². The molecule has 3 rings (SSSR count). The third-order valence-corrected chi connectivity index (χ3v) is 5.63. The second-order valence-corrected chi connectivity index (χ2v) is 7.27. The first-order chi connectivity index (χ1) is 12.2. The fraction of sp³-hybridized carbons (Fsp3) is 0.524. The molecule has 0 spiro atoms. The highest BCUT2D eigenvalue weighted by atomic mass is 19.2. The molecule has 1 aliphatic heterocycles. The second kappa shape index (κ2) is 8.29. The molecule has 2 aliphatic rings. The average molecular weight is 339 g/mol. The Labute approximate surface area is 149 Å². The fourth-order valence-electron chi connectivity index (χ4n) is 3.88. The Kier molecular flexibility index (Phi) is 5.86. The minimum Gasteiger partial charge on any atom is -0.261 e. The molecule has 0 amide bonds. The molecule has 4 heteroatoms. The van der Waals surface area contributed by atoms with E-state index in [1.54, 1.807) is 30.5 Å². The maximum absolute atomic E-state index is 14.4. The SMILES string of the molecule is CCC1CCC(CCC2=CN(F)C(c3ccc(C#N)cc3)N=C2)CC1. The molecule has 1 fully saturated rings. The molecule has 1 saturated carbocycles. The predicted molar refractivity (Wildman–Crippen MR) is 98.4 cm³/mol. The van der Waals surface area contributed by atoms with Gasteiger partial charge in [0.2, 0.25) is 0 Å². The molecule has 1 aromatic carbocycles. The summed E-state index contributed by atoms with van der Waals surface area (Å²) in [6, 6.07) is 8.99. The summed E-state index contributed by atoms with van der Waals surface area (Å²) in [6.45, 7) is 2.29. The van der Waals surface area contributed by atoms with E-state index in [2.05, 4.69) is 18.0 Å². The Balaban J connectivity index is 1.52. The van der Waals surface area contributed by atoms with Crippen LogP contribution in [0.4, 0.5) is 4.48 Å². The first kappa shape index (κ1) is 17.7. The molecule has 0 bridgehead atoms. The van der Waals surface area contributed by atoms with Gasteiger partial charge < -0.3 is 0 Å². The number of rotatable bonds is 5. The van der Waals surface area contributed by atoms with Crippen molar-refractivity contribution in [1.82, 2.24) is 5.12 Å². The van der Waals surface area contributed by atoms with Crippen LogP contribution in [-0.4, -0.2) is 11.3 Å². The predicted octanol–water partition coefficient (Wildman–Crippen LogP) is 5.71. The van der Waals surface area contributed by atoms with Crippen molar-refractivity contribution in [2.75, 3.05) is 0 Å². The van der Waals surface area contributed by atoms with Crippen LogP contribution >= 0.6 is 0 Å². The summed E-state index contributed by atoms with van der Waals surface area (Å²) in [5.74, 6) is 1.70. The van der Waals surface area contributed by atoms with Crippen LogP contribution in [-0.2, 0) is 0 Å².